The molecule has 0 saturated carbocycles. The zero-order chi connectivity index (χ0) is 15.3. The number of ether oxygens (including phenoxy) is 1. The Hall–Kier alpha value is -2.54. The summed E-state index contributed by atoms with van der Waals surface area (Å²) in [5.74, 6) is 0.401. The number of nitrogens with zero attached hydrogens (tertiary/aromatic N) is 1. The molecule has 0 aliphatic rings. The number of nitriles is 1. The second kappa shape index (κ2) is 6.27. The van der Waals surface area contributed by atoms with Crippen LogP contribution < -0.4 is 10.1 Å². The molecule has 0 heterocycles. The molecule has 1 N–H and O–H groups in total. The van der Waals surface area contributed by atoms with Gasteiger partial charge in [0.15, 0.2) is 0 Å². The van der Waals surface area contributed by atoms with Gasteiger partial charge in [-0.15, -0.1) is 0 Å². The monoisotopic (exact) mass is 284 g/mol. The van der Waals surface area contributed by atoms with Crippen molar-refractivity contribution in [3.8, 4) is 11.8 Å². The van der Waals surface area contributed by atoms with Gasteiger partial charge in [-0.05, 0) is 30.7 Å². The van der Waals surface area contributed by atoms with Crippen molar-refractivity contribution in [2.24, 2.45) is 0 Å². The highest BCUT2D eigenvalue weighted by atomic mass is 19.1. The lowest BCUT2D eigenvalue weighted by Gasteiger charge is -2.25. The predicted molar refractivity (Wildman–Crippen MR) is 80.7 cm³/mol. The molecule has 1 unspecified atom stereocenters. The summed E-state index contributed by atoms with van der Waals surface area (Å²) < 4.78 is 18.9. The molecule has 0 aliphatic heterocycles. The number of anilines is 1. The average Bonchev–Trinajstić information content (AvgIpc) is 2.50. The largest absolute Gasteiger partial charge is 0.497 e. The summed E-state index contributed by atoms with van der Waals surface area (Å²) in [7, 11) is 1.59. The molecule has 3 nitrogen and oxygen atoms in total. The number of methoxy groups -OCH3 is 1. The molecule has 1 atom stereocenters. The predicted octanol–water partition coefficient (Wildman–Crippen LogP) is 3.77. The fourth-order valence-corrected chi connectivity index (χ4v) is 2.15. The molecule has 0 bridgehead atoms. The highest BCUT2D eigenvalue weighted by molar-refractivity contribution is 5.52. The molecule has 0 aliphatic carbocycles. The number of halogens is 1. The van der Waals surface area contributed by atoms with Gasteiger partial charge in [0.1, 0.15) is 17.1 Å². The van der Waals surface area contributed by atoms with E-state index in [1.165, 1.54) is 6.07 Å². The van der Waals surface area contributed by atoms with E-state index in [0.717, 1.165) is 5.69 Å². The van der Waals surface area contributed by atoms with Crippen molar-refractivity contribution in [2.75, 3.05) is 12.4 Å². The van der Waals surface area contributed by atoms with Crippen LogP contribution in [0.1, 0.15) is 12.5 Å². The van der Waals surface area contributed by atoms with Gasteiger partial charge >= 0.3 is 0 Å². The van der Waals surface area contributed by atoms with Crippen LogP contribution in [0.3, 0.4) is 0 Å². The average molecular weight is 284 g/mol. The quantitative estimate of drug-likeness (QED) is 0.909. The maximum Gasteiger partial charge on any atom is 0.126 e. The van der Waals surface area contributed by atoms with Crippen LogP contribution in [-0.2, 0) is 6.42 Å². The first-order valence-corrected chi connectivity index (χ1v) is 6.63. The summed E-state index contributed by atoms with van der Waals surface area (Å²) in [5, 5.41) is 12.6. The van der Waals surface area contributed by atoms with Crippen LogP contribution in [0.4, 0.5) is 10.1 Å². The van der Waals surface area contributed by atoms with Crippen molar-refractivity contribution in [2.45, 2.75) is 18.9 Å². The normalized spacial score (nSPS) is 13.0. The second-order valence-corrected chi connectivity index (χ2v) is 5.07. The molecule has 0 radical (unpaired) electrons. The minimum atomic E-state index is -0.908. The van der Waals surface area contributed by atoms with Crippen molar-refractivity contribution in [1.29, 1.82) is 5.26 Å². The topological polar surface area (TPSA) is 45.0 Å². The van der Waals surface area contributed by atoms with Crippen molar-refractivity contribution < 1.29 is 9.13 Å². The highest BCUT2D eigenvalue weighted by Crippen LogP contribution is 2.23. The first kappa shape index (κ1) is 14.9. The van der Waals surface area contributed by atoms with Crippen molar-refractivity contribution in [3.05, 3.63) is 59.9 Å². The van der Waals surface area contributed by atoms with Crippen LogP contribution >= 0.6 is 0 Å². The molecule has 0 spiro atoms. The van der Waals surface area contributed by atoms with Gasteiger partial charge in [-0.1, -0.05) is 24.3 Å². The summed E-state index contributed by atoms with van der Waals surface area (Å²) in [5.41, 5.74) is 0.362. The fraction of sp³-hybridized carbons (Fsp3) is 0.235. The maximum atomic E-state index is 13.8. The number of hydrogen-bond donors (Lipinski definition) is 1. The molecule has 2 aromatic rings. The molecular formula is C17H17FN2O. The lowest BCUT2D eigenvalue weighted by Crippen LogP contribution is -2.35. The number of nitrogens with one attached hydrogen (secondary N) is 1. The van der Waals surface area contributed by atoms with Crippen LogP contribution in [0.2, 0.25) is 0 Å². The van der Waals surface area contributed by atoms with Gasteiger partial charge in [0.2, 0.25) is 0 Å². The molecule has 108 valence electrons. The lowest BCUT2D eigenvalue weighted by atomic mass is 9.93. The van der Waals surface area contributed by atoms with Gasteiger partial charge in [0.05, 0.1) is 13.2 Å². The van der Waals surface area contributed by atoms with E-state index in [4.69, 9.17) is 4.74 Å². The summed E-state index contributed by atoms with van der Waals surface area (Å²) in [6, 6.07) is 16.0. The van der Waals surface area contributed by atoms with Gasteiger partial charge < -0.3 is 10.1 Å². The molecule has 0 fully saturated rings. The van der Waals surface area contributed by atoms with Gasteiger partial charge in [-0.25, -0.2) is 4.39 Å². The summed E-state index contributed by atoms with van der Waals surface area (Å²) in [6.45, 7) is 1.75. The molecule has 2 aromatic carbocycles. The first-order chi connectivity index (χ1) is 10.1. The third-order valence-electron chi connectivity index (χ3n) is 3.24. The van der Waals surface area contributed by atoms with Gasteiger partial charge in [-0.3, -0.25) is 0 Å². The Morgan fingerprint density at radius 2 is 2.00 bits per heavy atom. The molecule has 0 amide bonds. The van der Waals surface area contributed by atoms with Crippen LogP contribution in [0, 0.1) is 17.1 Å². The Bertz CT molecular complexity index is 666. The van der Waals surface area contributed by atoms with Crippen LogP contribution in [0.15, 0.2) is 48.5 Å². The van der Waals surface area contributed by atoms with E-state index < -0.39 is 5.54 Å². The van der Waals surface area contributed by atoms with Crippen LogP contribution in [-0.4, -0.2) is 12.6 Å². The number of benzene rings is 2. The van der Waals surface area contributed by atoms with Crippen LogP contribution in [0.25, 0.3) is 0 Å². The van der Waals surface area contributed by atoms with E-state index in [2.05, 4.69) is 11.4 Å². The van der Waals surface area contributed by atoms with Crippen molar-refractivity contribution >= 4 is 5.69 Å². The summed E-state index contributed by atoms with van der Waals surface area (Å²) in [4.78, 5) is 0. The van der Waals surface area contributed by atoms with Gasteiger partial charge in [0, 0.05) is 18.2 Å². The Labute approximate surface area is 124 Å². The van der Waals surface area contributed by atoms with E-state index in [1.807, 2.05) is 18.2 Å². The van der Waals surface area contributed by atoms with Crippen molar-refractivity contribution in [1.82, 2.24) is 0 Å². The molecule has 2 rings (SSSR count). The SMILES string of the molecule is COc1cccc(NC(C)(C#N)Cc2ccccc2F)c1. The minimum absolute atomic E-state index is 0.271. The Kier molecular flexibility index (Phi) is 4.44. The number of hydrogen-bond acceptors (Lipinski definition) is 3. The van der Waals surface area contributed by atoms with E-state index in [9.17, 15) is 9.65 Å². The first-order valence-electron chi connectivity index (χ1n) is 6.63. The third-order valence-corrected chi connectivity index (χ3v) is 3.24. The highest BCUT2D eigenvalue weighted by Gasteiger charge is 2.25. The van der Waals surface area contributed by atoms with Gasteiger partial charge in [-0.2, -0.15) is 5.26 Å². The second-order valence-electron chi connectivity index (χ2n) is 5.07. The number of rotatable bonds is 5. The molecule has 21 heavy (non-hydrogen) atoms. The van der Waals surface area contributed by atoms with E-state index in [1.54, 1.807) is 38.3 Å². The Balaban J connectivity index is 2.21. The van der Waals surface area contributed by atoms with Crippen molar-refractivity contribution in [3.63, 3.8) is 0 Å². The molecular weight excluding hydrogens is 267 g/mol. The Morgan fingerprint density at radius 3 is 2.67 bits per heavy atom. The minimum Gasteiger partial charge on any atom is -0.497 e. The summed E-state index contributed by atoms with van der Waals surface area (Å²) >= 11 is 0. The smallest absolute Gasteiger partial charge is 0.126 e. The van der Waals surface area contributed by atoms with E-state index >= 15 is 0 Å². The molecule has 0 aromatic heterocycles. The third kappa shape index (κ3) is 3.73. The maximum absolute atomic E-state index is 13.8. The molecule has 4 heteroatoms. The van der Waals surface area contributed by atoms with Crippen LogP contribution in [0.5, 0.6) is 5.75 Å². The lowest BCUT2D eigenvalue weighted by molar-refractivity contribution is 0.415. The zero-order valence-electron chi connectivity index (χ0n) is 12.1. The van der Waals surface area contributed by atoms with E-state index in [-0.39, 0.29) is 12.2 Å². The van der Waals surface area contributed by atoms with Gasteiger partial charge in [0.25, 0.3) is 0 Å². The Morgan fingerprint density at radius 1 is 1.24 bits per heavy atom. The summed E-state index contributed by atoms with van der Waals surface area (Å²) in [6.07, 6.45) is 0.271. The fourth-order valence-electron chi connectivity index (χ4n) is 2.15. The van der Waals surface area contributed by atoms with E-state index in [0.29, 0.717) is 11.3 Å². The molecule has 0 saturated heterocycles. The standard InChI is InChI=1S/C17H17FN2O/c1-17(12-19,11-13-6-3-4-9-16(13)18)20-14-7-5-8-15(10-14)21-2/h3-10,20H,11H2,1-2H3. The zero-order valence-corrected chi connectivity index (χ0v) is 12.1.